The van der Waals surface area contributed by atoms with Crippen LogP contribution in [0.1, 0.15) is 47.3 Å². The number of carbonyl (C=O) groups is 1. The summed E-state index contributed by atoms with van der Waals surface area (Å²) in [5.74, 6) is 0.00302. The first kappa shape index (κ1) is 17.4. The van der Waals surface area contributed by atoms with Crippen molar-refractivity contribution < 1.29 is 13.9 Å². The molecule has 2 aromatic rings. The average Bonchev–Trinajstić information content (AvgIpc) is 2.58. The van der Waals surface area contributed by atoms with E-state index in [1.165, 1.54) is 6.07 Å². The molecule has 0 unspecified atom stereocenters. The molecule has 0 spiro atoms. The SMILES string of the molecule is Cc1ccc(C(=O)NC2CCC(Oc3cccnc3C)CC2)c(F)c1. The van der Waals surface area contributed by atoms with E-state index in [9.17, 15) is 9.18 Å². The first-order valence-electron chi connectivity index (χ1n) is 8.68. The van der Waals surface area contributed by atoms with Crippen molar-refractivity contribution >= 4 is 5.91 Å². The van der Waals surface area contributed by atoms with E-state index >= 15 is 0 Å². The molecule has 1 amide bonds. The lowest BCUT2D eigenvalue weighted by Gasteiger charge is -2.29. The van der Waals surface area contributed by atoms with Gasteiger partial charge in [-0.2, -0.15) is 0 Å². The molecule has 1 saturated carbocycles. The maximum Gasteiger partial charge on any atom is 0.254 e. The molecule has 1 aliphatic rings. The number of ether oxygens (including phenoxy) is 1. The van der Waals surface area contributed by atoms with E-state index < -0.39 is 5.82 Å². The fraction of sp³-hybridized carbons (Fsp3) is 0.400. The van der Waals surface area contributed by atoms with Crippen molar-refractivity contribution in [3.8, 4) is 5.75 Å². The summed E-state index contributed by atoms with van der Waals surface area (Å²) in [6.45, 7) is 3.73. The van der Waals surface area contributed by atoms with Gasteiger partial charge in [0.25, 0.3) is 5.91 Å². The number of rotatable bonds is 4. The molecule has 0 aliphatic heterocycles. The summed E-state index contributed by atoms with van der Waals surface area (Å²) < 4.78 is 19.9. The number of nitrogens with zero attached hydrogens (tertiary/aromatic N) is 1. The zero-order valence-corrected chi connectivity index (χ0v) is 14.6. The summed E-state index contributed by atoms with van der Waals surface area (Å²) >= 11 is 0. The van der Waals surface area contributed by atoms with Crippen LogP contribution in [0.3, 0.4) is 0 Å². The van der Waals surface area contributed by atoms with Crippen LogP contribution in [0.2, 0.25) is 0 Å². The van der Waals surface area contributed by atoms with Crippen molar-refractivity contribution in [2.24, 2.45) is 0 Å². The summed E-state index contributed by atoms with van der Waals surface area (Å²) in [4.78, 5) is 16.5. The number of hydrogen-bond acceptors (Lipinski definition) is 3. The normalized spacial score (nSPS) is 20.1. The number of aromatic nitrogens is 1. The maximum absolute atomic E-state index is 13.9. The minimum absolute atomic E-state index is 0.0584. The van der Waals surface area contributed by atoms with E-state index in [1.54, 1.807) is 25.3 Å². The molecule has 4 nitrogen and oxygen atoms in total. The number of halogens is 1. The number of aryl methyl sites for hydroxylation is 2. The lowest BCUT2D eigenvalue weighted by atomic mass is 9.92. The van der Waals surface area contributed by atoms with Crippen LogP contribution in [-0.4, -0.2) is 23.0 Å². The fourth-order valence-electron chi connectivity index (χ4n) is 3.17. The molecule has 0 bridgehead atoms. The number of carbonyl (C=O) groups excluding carboxylic acids is 1. The van der Waals surface area contributed by atoms with Gasteiger partial charge in [0.2, 0.25) is 0 Å². The highest BCUT2D eigenvalue weighted by Gasteiger charge is 2.25. The zero-order valence-electron chi connectivity index (χ0n) is 14.6. The number of pyridine rings is 1. The van der Waals surface area contributed by atoms with Gasteiger partial charge < -0.3 is 10.1 Å². The predicted octanol–water partition coefficient (Wildman–Crippen LogP) is 3.96. The summed E-state index contributed by atoms with van der Waals surface area (Å²) in [6, 6.07) is 8.53. The van der Waals surface area contributed by atoms with Gasteiger partial charge in [-0.15, -0.1) is 0 Å². The standard InChI is InChI=1S/C20H23FN2O2/c1-13-5-10-17(18(21)12-13)20(24)23-15-6-8-16(9-7-15)25-19-4-3-11-22-14(19)2/h3-5,10-12,15-16H,6-9H2,1-2H3,(H,23,24). The number of benzene rings is 1. The van der Waals surface area contributed by atoms with Crippen LogP contribution in [0.5, 0.6) is 5.75 Å². The van der Waals surface area contributed by atoms with Crippen molar-refractivity contribution in [3.63, 3.8) is 0 Å². The molecule has 1 heterocycles. The highest BCUT2D eigenvalue weighted by Crippen LogP contribution is 2.25. The molecule has 25 heavy (non-hydrogen) atoms. The number of nitrogens with one attached hydrogen (secondary N) is 1. The molecule has 5 heteroatoms. The Labute approximate surface area is 147 Å². The quantitative estimate of drug-likeness (QED) is 0.915. The summed E-state index contributed by atoms with van der Waals surface area (Å²) in [5, 5.41) is 2.94. The van der Waals surface area contributed by atoms with E-state index in [1.807, 2.05) is 19.1 Å². The zero-order chi connectivity index (χ0) is 17.8. The Balaban J connectivity index is 1.52. The van der Waals surface area contributed by atoms with E-state index in [-0.39, 0.29) is 23.6 Å². The van der Waals surface area contributed by atoms with Gasteiger partial charge in [-0.25, -0.2) is 4.39 Å². The second-order valence-electron chi connectivity index (χ2n) is 6.64. The van der Waals surface area contributed by atoms with Crippen molar-refractivity contribution in [3.05, 3.63) is 59.2 Å². The summed E-state index contributed by atoms with van der Waals surface area (Å²) in [7, 11) is 0. The highest BCUT2D eigenvalue weighted by atomic mass is 19.1. The molecule has 3 rings (SSSR count). The van der Waals surface area contributed by atoms with E-state index in [0.29, 0.717) is 0 Å². The third-order valence-corrected chi connectivity index (χ3v) is 4.63. The Kier molecular flexibility index (Phi) is 5.31. The molecule has 1 aromatic heterocycles. The van der Waals surface area contributed by atoms with Gasteiger partial charge in [0.1, 0.15) is 11.6 Å². The van der Waals surface area contributed by atoms with Crippen LogP contribution in [0.4, 0.5) is 4.39 Å². The Hall–Kier alpha value is -2.43. The van der Waals surface area contributed by atoms with Gasteiger partial charge in [0.05, 0.1) is 17.4 Å². The van der Waals surface area contributed by atoms with Crippen molar-refractivity contribution in [2.45, 2.75) is 51.7 Å². The van der Waals surface area contributed by atoms with Crippen molar-refractivity contribution in [2.75, 3.05) is 0 Å². The van der Waals surface area contributed by atoms with Crippen LogP contribution >= 0.6 is 0 Å². The minimum atomic E-state index is -0.471. The van der Waals surface area contributed by atoms with Gasteiger partial charge in [-0.3, -0.25) is 9.78 Å². The molecule has 0 atom stereocenters. The topological polar surface area (TPSA) is 51.2 Å². The minimum Gasteiger partial charge on any atom is -0.489 e. The molecule has 1 aromatic carbocycles. The largest absolute Gasteiger partial charge is 0.489 e. The van der Waals surface area contributed by atoms with E-state index in [0.717, 1.165) is 42.7 Å². The van der Waals surface area contributed by atoms with Crippen LogP contribution in [0, 0.1) is 19.7 Å². The number of amides is 1. The van der Waals surface area contributed by atoms with E-state index in [4.69, 9.17) is 4.74 Å². The van der Waals surface area contributed by atoms with Gasteiger partial charge >= 0.3 is 0 Å². The van der Waals surface area contributed by atoms with Crippen molar-refractivity contribution in [1.29, 1.82) is 0 Å². The molecular weight excluding hydrogens is 319 g/mol. The van der Waals surface area contributed by atoms with Gasteiger partial charge in [-0.05, 0) is 69.4 Å². The monoisotopic (exact) mass is 342 g/mol. The average molecular weight is 342 g/mol. The second-order valence-corrected chi connectivity index (χ2v) is 6.64. The van der Waals surface area contributed by atoms with Gasteiger partial charge in [0, 0.05) is 12.2 Å². The summed E-state index contributed by atoms with van der Waals surface area (Å²) in [6.07, 6.45) is 5.24. The van der Waals surface area contributed by atoms with E-state index in [2.05, 4.69) is 10.3 Å². The Morgan fingerprint density at radius 3 is 2.64 bits per heavy atom. The fourth-order valence-corrected chi connectivity index (χ4v) is 3.17. The number of hydrogen-bond donors (Lipinski definition) is 1. The molecule has 1 N–H and O–H groups in total. The second kappa shape index (κ2) is 7.64. The molecule has 1 fully saturated rings. The molecular formula is C20H23FN2O2. The first-order valence-corrected chi connectivity index (χ1v) is 8.68. The Morgan fingerprint density at radius 2 is 1.96 bits per heavy atom. The summed E-state index contributed by atoms with van der Waals surface area (Å²) in [5.41, 5.74) is 1.79. The van der Waals surface area contributed by atoms with Gasteiger partial charge in [0.15, 0.2) is 0 Å². The smallest absolute Gasteiger partial charge is 0.254 e. The van der Waals surface area contributed by atoms with Crippen LogP contribution < -0.4 is 10.1 Å². The molecule has 0 saturated heterocycles. The Morgan fingerprint density at radius 1 is 1.20 bits per heavy atom. The lowest BCUT2D eigenvalue weighted by Crippen LogP contribution is -2.40. The third kappa shape index (κ3) is 4.35. The molecule has 132 valence electrons. The van der Waals surface area contributed by atoms with Crippen LogP contribution in [0.25, 0.3) is 0 Å². The third-order valence-electron chi connectivity index (χ3n) is 4.63. The lowest BCUT2D eigenvalue weighted by molar-refractivity contribution is 0.0889. The van der Waals surface area contributed by atoms with Crippen molar-refractivity contribution in [1.82, 2.24) is 10.3 Å². The Bertz CT molecular complexity index is 755. The van der Waals surface area contributed by atoms with Gasteiger partial charge in [-0.1, -0.05) is 6.07 Å². The predicted molar refractivity (Wildman–Crippen MR) is 94.2 cm³/mol. The molecule has 0 radical (unpaired) electrons. The molecule has 1 aliphatic carbocycles. The first-order chi connectivity index (χ1) is 12.0. The van der Waals surface area contributed by atoms with Crippen LogP contribution in [-0.2, 0) is 0 Å². The maximum atomic E-state index is 13.9. The highest BCUT2D eigenvalue weighted by molar-refractivity contribution is 5.94. The van der Waals surface area contributed by atoms with Crippen LogP contribution in [0.15, 0.2) is 36.5 Å².